The summed E-state index contributed by atoms with van der Waals surface area (Å²) in [6.07, 6.45) is -1.12. The molecule has 0 saturated heterocycles. The van der Waals surface area contributed by atoms with E-state index in [2.05, 4.69) is 5.32 Å². The molecule has 0 bridgehead atoms. The third-order valence-electron chi connectivity index (χ3n) is 3.78. The number of ether oxygens (including phenoxy) is 3. The van der Waals surface area contributed by atoms with Gasteiger partial charge in [0.25, 0.3) is 11.8 Å². The Morgan fingerprint density at radius 3 is 2.53 bits per heavy atom. The van der Waals surface area contributed by atoms with Gasteiger partial charge in [0, 0.05) is 5.69 Å². The molecule has 30 heavy (non-hydrogen) atoms. The molecule has 0 heterocycles. The number of amides is 2. The first-order valence-electron chi connectivity index (χ1n) is 8.55. The summed E-state index contributed by atoms with van der Waals surface area (Å²) in [5, 5.41) is 11.6. The molecule has 0 aliphatic heterocycles. The van der Waals surface area contributed by atoms with Crippen LogP contribution in [-0.2, 0) is 14.3 Å². The Labute approximate surface area is 177 Å². The van der Waals surface area contributed by atoms with E-state index in [9.17, 15) is 14.4 Å². The van der Waals surface area contributed by atoms with Crippen LogP contribution in [0.1, 0.15) is 22.8 Å². The number of nitrogens with one attached hydrogen (secondary N) is 1. The van der Waals surface area contributed by atoms with Crippen LogP contribution in [0.5, 0.6) is 11.5 Å². The number of carbonyl (C=O) groups excluding carboxylic acids is 3. The Morgan fingerprint density at radius 1 is 1.20 bits per heavy atom. The summed E-state index contributed by atoms with van der Waals surface area (Å²) in [5.41, 5.74) is 5.76. The summed E-state index contributed by atoms with van der Waals surface area (Å²) in [6.45, 7) is 1.05. The maximum Gasteiger partial charge on any atom is 0.339 e. The number of benzene rings is 2. The van der Waals surface area contributed by atoms with Crippen LogP contribution < -0.4 is 20.5 Å². The third-order valence-corrected chi connectivity index (χ3v) is 4.09. The van der Waals surface area contributed by atoms with Gasteiger partial charge in [0.2, 0.25) is 0 Å². The van der Waals surface area contributed by atoms with Crippen molar-refractivity contribution in [3.63, 3.8) is 0 Å². The van der Waals surface area contributed by atoms with Gasteiger partial charge < -0.3 is 25.3 Å². The number of hydrogen-bond donors (Lipinski definition) is 2. The molecule has 0 fully saturated rings. The number of anilines is 1. The predicted octanol–water partition coefficient (Wildman–Crippen LogP) is 2.27. The van der Waals surface area contributed by atoms with Gasteiger partial charge in [-0.2, -0.15) is 5.26 Å². The molecule has 0 aromatic heterocycles. The highest BCUT2D eigenvalue weighted by molar-refractivity contribution is 6.32. The number of carbonyl (C=O) groups is 3. The second-order valence-electron chi connectivity index (χ2n) is 5.96. The van der Waals surface area contributed by atoms with E-state index in [1.165, 1.54) is 50.4 Å². The second-order valence-corrected chi connectivity index (χ2v) is 6.37. The van der Waals surface area contributed by atoms with Crippen LogP contribution in [0.25, 0.3) is 0 Å². The fourth-order valence-corrected chi connectivity index (χ4v) is 2.50. The van der Waals surface area contributed by atoms with E-state index in [0.29, 0.717) is 5.69 Å². The topological polar surface area (TPSA) is 141 Å². The number of halogens is 1. The lowest BCUT2D eigenvalue weighted by Gasteiger charge is -2.15. The molecule has 0 aliphatic rings. The van der Waals surface area contributed by atoms with Crippen molar-refractivity contribution in [1.82, 2.24) is 0 Å². The average molecular weight is 432 g/mol. The van der Waals surface area contributed by atoms with Crippen molar-refractivity contribution in [3.8, 4) is 17.6 Å². The monoisotopic (exact) mass is 431 g/mol. The van der Waals surface area contributed by atoms with Gasteiger partial charge in [0.05, 0.1) is 23.3 Å². The van der Waals surface area contributed by atoms with Crippen molar-refractivity contribution < 1.29 is 28.6 Å². The molecule has 0 radical (unpaired) electrons. The molecule has 0 spiro atoms. The minimum absolute atomic E-state index is 0.111. The normalized spacial score (nSPS) is 11.0. The van der Waals surface area contributed by atoms with E-state index in [-0.39, 0.29) is 34.3 Å². The van der Waals surface area contributed by atoms with E-state index in [4.69, 9.17) is 36.8 Å². The molecule has 2 rings (SSSR count). The van der Waals surface area contributed by atoms with E-state index in [0.717, 1.165) is 0 Å². The van der Waals surface area contributed by atoms with Crippen molar-refractivity contribution >= 4 is 35.1 Å². The summed E-state index contributed by atoms with van der Waals surface area (Å²) < 4.78 is 15.5. The molecule has 3 N–H and O–H groups in total. The lowest BCUT2D eigenvalue weighted by Crippen LogP contribution is -2.30. The number of nitrogens with two attached hydrogens (primary N) is 1. The largest absolute Gasteiger partial charge is 0.493 e. The standard InChI is InChI=1S/C20H18ClN3O6/c1-11(19(26)24-14-5-3-13(9-22)15(21)8-14)30-20(27)12-4-6-16(17(7-12)28-2)29-10-18(23)25/h3-8,11H,10H2,1-2H3,(H2,23,25)(H,24,26). The zero-order chi connectivity index (χ0) is 22.3. The minimum Gasteiger partial charge on any atom is -0.493 e. The molecule has 2 aromatic carbocycles. The molecular formula is C20H18ClN3O6. The van der Waals surface area contributed by atoms with E-state index < -0.39 is 23.9 Å². The first-order chi connectivity index (χ1) is 14.2. The number of nitrogens with zero attached hydrogens (tertiary/aromatic N) is 1. The summed E-state index contributed by atoms with van der Waals surface area (Å²) in [5.74, 6) is -1.61. The van der Waals surface area contributed by atoms with Crippen molar-refractivity contribution in [2.24, 2.45) is 5.73 Å². The summed E-state index contributed by atoms with van der Waals surface area (Å²) in [7, 11) is 1.36. The zero-order valence-electron chi connectivity index (χ0n) is 16.1. The number of nitriles is 1. The lowest BCUT2D eigenvalue weighted by molar-refractivity contribution is -0.123. The summed E-state index contributed by atoms with van der Waals surface area (Å²) >= 11 is 5.93. The number of primary amides is 1. The highest BCUT2D eigenvalue weighted by Gasteiger charge is 2.21. The van der Waals surface area contributed by atoms with Gasteiger partial charge in [-0.1, -0.05) is 11.6 Å². The van der Waals surface area contributed by atoms with Gasteiger partial charge in [0.1, 0.15) is 6.07 Å². The van der Waals surface area contributed by atoms with Crippen LogP contribution in [0.2, 0.25) is 5.02 Å². The average Bonchev–Trinajstić information content (AvgIpc) is 2.72. The minimum atomic E-state index is -1.12. The molecular weight excluding hydrogens is 414 g/mol. The first-order valence-corrected chi connectivity index (χ1v) is 8.93. The van der Waals surface area contributed by atoms with E-state index >= 15 is 0 Å². The fourth-order valence-electron chi connectivity index (χ4n) is 2.27. The van der Waals surface area contributed by atoms with Gasteiger partial charge in [-0.25, -0.2) is 4.79 Å². The van der Waals surface area contributed by atoms with Gasteiger partial charge in [0.15, 0.2) is 24.2 Å². The van der Waals surface area contributed by atoms with Crippen LogP contribution in [0.15, 0.2) is 36.4 Å². The molecule has 1 atom stereocenters. The van der Waals surface area contributed by atoms with Crippen molar-refractivity contribution in [3.05, 3.63) is 52.5 Å². The van der Waals surface area contributed by atoms with Crippen molar-refractivity contribution in [1.29, 1.82) is 5.26 Å². The highest BCUT2D eigenvalue weighted by atomic mass is 35.5. The maximum absolute atomic E-state index is 12.4. The van der Waals surface area contributed by atoms with E-state index in [1.807, 2.05) is 6.07 Å². The molecule has 0 saturated carbocycles. The zero-order valence-corrected chi connectivity index (χ0v) is 16.9. The van der Waals surface area contributed by atoms with Gasteiger partial charge in [-0.3, -0.25) is 9.59 Å². The Bertz CT molecular complexity index is 1020. The fraction of sp³-hybridized carbons (Fsp3) is 0.200. The van der Waals surface area contributed by atoms with Gasteiger partial charge >= 0.3 is 5.97 Å². The number of esters is 1. The van der Waals surface area contributed by atoms with Crippen LogP contribution >= 0.6 is 11.6 Å². The SMILES string of the molecule is COc1cc(C(=O)OC(C)C(=O)Nc2ccc(C#N)c(Cl)c2)ccc1OCC(N)=O. The van der Waals surface area contributed by atoms with E-state index in [1.54, 1.807) is 0 Å². The first kappa shape index (κ1) is 22.5. The van der Waals surface area contributed by atoms with Crippen LogP contribution in [0.4, 0.5) is 5.69 Å². The van der Waals surface area contributed by atoms with Gasteiger partial charge in [-0.05, 0) is 43.3 Å². The van der Waals surface area contributed by atoms with Crippen molar-refractivity contribution in [2.45, 2.75) is 13.0 Å². The Hall–Kier alpha value is -3.77. The molecule has 2 aromatic rings. The number of hydrogen-bond acceptors (Lipinski definition) is 7. The quantitative estimate of drug-likeness (QED) is 0.610. The highest BCUT2D eigenvalue weighted by Crippen LogP contribution is 2.28. The van der Waals surface area contributed by atoms with Crippen LogP contribution in [-0.4, -0.2) is 37.6 Å². The molecule has 9 nitrogen and oxygen atoms in total. The molecule has 10 heteroatoms. The molecule has 2 amide bonds. The smallest absolute Gasteiger partial charge is 0.339 e. The Morgan fingerprint density at radius 2 is 1.93 bits per heavy atom. The molecule has 1 unspecified atom stereocenters. The van der Waals surface area contributed by atoms with Crippen LogP contribution in [0, 0.1) is 11.3 Å². The van der Waals surface area contributed by atoms with Crippen molar-refractivity contribution in [2.75, 3.05) is 19.0 Å². The molecule has 0 aliphatic carbocycles. The summed E-state index contributed by atoms with van der Waals surface area (Å²) in [4.78, 5) is 35.5. The Kier molecular flexibility index (Phi) is 7.61. The molecule has 156 valence electrons. The third kappa shape index (κ3) is 5.86. The second kappa shape index (κ2) is 10.1. The number of rotatable bonds is 8. The van der Waals surface area contributed by atoms with Gasteiger partial charge in [-0.15, -0.1) is 0 Å². The lowest BCUT2D eigenvalue weighted by atomic mass is 10.2. The summed E-state index contributed by atoms with van der Waals surface area (Å²) in [6, 6.07) is 10.5. The Balaban J connectivity index is 2.04. The predicted molar refractivity (Wildman–Crippen MR) is 107 cm³/mol. The number of methoxy groups -OCH3 is 1. The maximum atomic E-state index is 12.4. The van der Waals surface area contributed by atoms with Crippen LogP contribution in [0.3, 0.4) is 0 Å².